The quantitative estimate of drug-likeness (QED) is 0.848. The number of nitrogens with zero attached hydrogens (tertiary/aromatic N) is 2. The number of hydrogen-bond acceptors (Lipinski definition) is 4. The molecule has 0 amide bonds. The van der Waals surface area contributed by atoms with E-state index in [0.29, 0.717) is 29.3 Å². The minimum absolute atomic E-state index is 0.0278. The standard InChI is InChI=1S/C12H17ClN2O3S/c1-8-12(13)9(15(2)14-8)7-10(16)11-5-3-4-6-19(11,17)18/h11H,3-7H2,1-2H3. The third-order valence-electron chi connectivity index (χ3n) is 3.54. The first kappa shape index (κ1) is 14.5. The highest BCUT2D eigenvalue weighted by Crippen LogP contribution is 2.24. The summed E-state index contributed by atoms with van der Waals surface area (Å²) in [6, 6.07) is 0. The smallest absolute Gasteiger partial charge is 0.160 e. The Kier molecular flexibility index (Phi) is 4.01. The van der Waals surface area contributed by atoms with Crippen molar-refractivity contribution >= 4 is 27.2 Å². The zero-order valence-corrected chi connectivity index (χ0v) is 12.6. The first-order chi connectivity index (χ1) is 8.83. The molecule has 1 aromatic heterocycles. The van der Waals surface area contributed by atoms with E-state index in [-0.39, 0.29) is 18.0 Å². The van der Waals surface area contributed by atoms with E-state index in [1.165, 1.54) is 0 Å². The van der Waals surface area contributed by atoms with E-state index >= 15 is 0 Å². The second kappa shape index (κ2) is 5.25. The molecular weight excluding hydrogens is 288 g/mol. The summed E-state index contributed by atoms with van der Waals surface area (Å²) in [4.78, 5) is 12.2. The van der Waals surface area contributed by atoms with Crippen molar-refractivity contribution in [1.82, 2.24) is 9.78 Å². The SMILES string of the molecule is Cc1nn(C)c(CC(=O)C2CCCCS2(=O)=O)c1Cl. The number of sulfone groups is 1. The number of halogens is 1. The van der Waals surface area contributed by atoms with Crippen LogP contribution in [0.25, 0.3) is 0 Å². The molecule has 1 fully saturated rings. The maximum absolute atomic E-state index is 12.2. The van der Waals surface area contributed by atoms with E-state index in [1.54, 1.807) is 18.7 Å². The van der Waals surface area contributed by atoms with Crippen LogP contribution in [0, 0.1) is 6.92 Å². The zero-order chi connectivity index (χ0) is 14.2. The van der Waals surface area contributed by atoms with Crippen molar-refractivity contribution in [2.24, 2.45) is 7.05 Å². The van der Waals surface area contributed by atoms with Crippen LogP contribution in [0.4, 0.5) is 0 Å². The van der Waals surface area contributed by atoms with Gasteiger partial charge in [-0.3, -0.25) is 9.48 Å². The highest BCUT2D eigenvalue weighted by molar-refractivity contribution is 7.92. The Hall–Kier alpha value is -0.880. The molecule has 0 aliphatic carbocycles. The van der Waals surface area contributed by atoms with Gasteiger partial charge in [-0.1, -0.05) is 18.0 Å². The second-order valence-electron chi connectivity index (χ2n) is 4.96. The molecule has 2 heterocycles. The number of rotatable bonds is 3. The van der Waals surface area contributed by atoms with Gasteiger partial charge >= 0.3 is 0 Å². The van der Waals surface area contributed by atoms with E-state index < -0.39 is 15.1 Å². The van der Waals surface area contributed by atoms with Gasteiger partial charge in [0.25, 0.3) is 0 Å². The Balaban J connectivity index is 2.21. The number of ketones is 1. The highest BCUT2D eigenvalue weighted by Gasteiger charge is 2.35. The van der Waals surface area contributed by atoms with Gasteiger partial charge in [-0.05, 0) is 19.8 Å². The summed E-state index contributed by atoms with van der Waals surface area (Å²) in [5.41, 5.74) is 1.24. The van der Waals surface area contributed by atoms with Crippen LogP contribution in [0.2, 0.25) is 5.02 Å². The van der Waals surface area contributed by atoms with Gasteiger partial charge in [0.15, 0.2) is 15.6 Å². The first-order valence-corrected chi connectivity index (χ1v) is 8.34. The van der Waals surface area contributed by atoms with Crippen LogP contribution in [0.15, 0.2) is 0 Å². The molecule has 0 spiro atoms. The van der Waals surface area contributed by atoms with E-state index in [0.717, 1.165) is 6.42 Å². The molecule has 1 aromatic rings. The largest absolute Gasteiger partial charge is 0.298 e. The second-order valence-corrected chi connectivity index (χ2v) is 7.65. The van der Waals surface area contributed by atoms with E-state index in [9.17, 15) is 13.2 Å². The highest BCUT2D eigenvalue weighted by atomic mass is 35.5. The van der Waals surface area contributed by atoms with Gasteiger partial charge < -0.3 is 0 Å². The first-order valence-electron chi connectivity index (χ1n) is 6.25. The molecule has 0 saturated carbocycles. The molecular formula is C12H17ClN2O3S. The summed E-state index contributed by atoms with van der Waals surface area (Å²) in [7, 11) is -1.58. The van der Waals surface area contributed by atoms with Gasteiger partial charge in [0.1, 0.15) is 5.25 Å². The van der Waals surface area contributed by atoms with Gasteiger partial charge in [-0.2, -0.15) is 5.10 Å². The van der Waals surface area contributed by atoms with Gasteiger partial charge in [0, 0.05) is 7.05 Å². The van der Waals surface area contributed by atoms with Crippen LogP contribution in [0.3, 0.4) is 0 Å². The lowest BCUT2D eigenvalue weighted by Crippen LogP contribution is -2.36. The van der Waals surface area contributed by atoms with E-state index in [4.69, 9.17) is 11.6 Å². The van der Waals surface area contributed by atoms with E-state index in [1.807, 2.05) is 0 Å². The number of hydrogen-bond donors (Lipinski definition) is 0. The molecule has 106 valence electrons. The molecule has 5 nitrogen and oxygen atoms in total. The van der Waals surface area contributed by atoms with Gasteiger partial charge in [-0.25, -0.2) is 8.42 Å². The van der Waals surface area contributed by atoms with Crippen molar-refractivity contribution in [3.05, 3.63) is 16.4 Å². The molecule has 7 heteroatoms. The van der Waals surface area contributed by atoms with Gasteiger partial charge in [-0.15, -0.1) is 0 Å². The van der Waals surface area contributed by atoms with Crippen LogP contribution in [-0.2, 0) is 28.1 Å². The number of aromatic nitrogens is 2. The monoisotopic (exact) mass is 304 g/mol. The van der Waals surface area contributed by atoms with Gasteiger partial charge in [0.05, 0.1) is 28.6 Å². The fraction of sp³-hybridized carbons (Fsp3) is 0.667. The molecule has 1 aliphatic rings. The number of aryl methyl sites for hydroxylation is 2. The van der Waals surface area contributed by atoms with Crippen molar-refractivity contribution in [3.63, 3.8) is 0 Å². The lowest BCUT2D eigenvalue weighted by Gasteiger charge is -2.21. The fourth-order valence-corrected chi connectivity index (χ4v) is 4.59. The predicted octanol–water partition coefficient (Wildman–Crippen LogP) is 1.46. The van der Waals surface area contributed by atoms with Crippen molar-refractivity contribution in [1.29, 1.82) is 0 Å². The zero-order valence-electron chi connectivity index (χ0n) is 11.0. The molecule has 1 unspecified atom stereocenters. The van der Waals surface area contributed by atoms with Crippen molar-refractivity contribution in [3.8, 4) is 0 Å². The summed E-state index contributed by atoms with van der Waals surface area (Å²) in [6.45, 7) is 1.76. The van der Waals surface area contributed by atoms with Crippen molar-refractivity contribution in [2.75, 3.05) is 5.75 Å². The number of carbonyl (C=O) groups excluding carboxylic acids is 1. The number of Topliss-reactive ketones (excluding diaryl/α,β-unsaturated/α-hetero) is 1. The maximum Gasteiger partial charge on any atom is 0.160 e. The normalized spacial score (nSPS) is 22.4. The van der Waals surface area contributed by atoms with Crippen molar-refractivity contribution in [2.45, 2.75) is 37.9 Å². The minimum Gasteiger partial charge on any atom is -0.298 e. The molecule has 0 radical (unpaired) electrons. The van der Waals surface area contributed by atoms with Gasteiger partial charge in [0.2, 0.25) is 0 Å². The Morgan fingerprint density at radius 2 is 2.16 bits per heavy atom. The molecule has 1 atom stereocenters. The van der Waals surface area contributed by atoms with Crippen LogP contribution in [0.1, 0.15) is 30.7 Å². The molecule has 0 N–H and O–H groups in total. The Morgan fingerprint density at radius 3 is 2.68 bits per heavy atom. The third-order valence-corrected chi connectivity index (χ3v) is 6.26. The molecule has 2 rings (SSSR count). The Bertz CT molecular complexity index is 607. The molecule has 1 aliphatic heterocycles. The predicted molar refractivity (Wildman–Crippen MR) is 73.1 cm³/mol. The lowest BCUT2D eigenvalue weighted by atomic mass is 10.1. The van der Waals surface area contributed by atoms with Crippen LogP contribution in [0.5, 0.6) is 0 Å². The fourth-order valence-electron chi connectivity index (χ4n) is 2.47. The van der Waals surface area contributed by atoms with Crippen molar-refractivity contribution < 1.29 is 13.2 Å². The molecule has 19 heavy (non-hydrogen) atoms. The summed E-state index contributed by atoms with van der Waals surface area (Å²) < 4.78 is 25.4. The van der Waals surface area contributed by atoms with E-state index in [2.05, 4.69) is 5.10 Å². The maximum atomic E-state index is 12.2. The average molecular weight is 305 g/mol. The summed E-state index contributed by atoms with van der Waals surface area (Å²) in [6.07, 6.45) is 1.89. The molecule has 0 aromatic carbocycles. The summed E-state index contributed by atoms with van der Waals surface area (Å²) in [5.74, 6) is -0.161. The Morgan fingerprint density at radius 1 is 1.47 bits per heavy atom. The average Bonchev–Trinajstić information content (AvgIpc) is 2.55. The number of carbonyl (C=O) groups is 1. The lowest BCUT2D eigenvalue weighted by molar-refractivity contribution is -0.118. The minimum atomic E-state index is -3.28. The van der Waals surface area contributed by atoms with Crippen LogP contribution >= 0.6 is 11.6 Å². The third kappa shape index (κ3) is 2.84. The van der Waals surface area contributed by atoms with Crippen LogP contribution < -0.4 is 0 Å². The van der Waals surface area contributed by atoms with Crippen LogP contribution in [-0.4, -0.2) is 35.0 Å². The summed E-state index contributed by atoms with van der Waals surface area (Å²) >= 11 is 6.08. The topological polar surface area (TPSA) is 69.0 Å². The molecule has 0 bridgehead atoms. The Labute approximate surface area is 117 Å². The summed E-state index contributed by atoms with van der Waals surface area (Å²) in [5, 5.41) is 3.71. The molecule has 1 saturated heterocycles.